The Bertz CT molecular complexity index is 526. The van der Waals surface area contributed by atoms with E-state index in [-0.39, 0.29) is 0 Å². The van der Waals surface area contributed by atoms with Gasteiger partial charge in [0.25, 0.3) is 0 Å². The zero-order valence-electron chi connectivity index (χ0n) is 10.2. The second-order valence-corrected chi connectivity index (χ2v) is 5.31. The van der Waals surface area contributed by atoms with Gasteiger partial charge >= 0.3 is 0 Å². The summed E-state index contributed by atoms with van der Waals surface area (Å²) in [5, 5.41) is 0. The molecule has 0 radical (unpaired) electrons. The van der Waals surface area contributed by atoms with Crippen LogP contribution in [0.15, 0.2) is 36.5 Å². The van der Waals surface area contributed by atoms with Crippen LogP contribution in [0.4, 0.5) is 0 Å². The molecule has 94 valence electrons. The minimum atomic E-state index is 0.637. The number of hydrogen-bond donors (Lipinski definition) is 1. The van der Waals surface area contributed by atoms with Crippen LogP contribution in [0.5, 0.6) is 11.6 Å². The van der Waals surface area contributed by atoms with E-state index in [1.807, 2.05) is 37.4 Å². The van der Waals surface area contributed by atoms with Crippen molar-refractivity contribution in [2.45, 2.75) is 13.3 Å². The van der Waals surface area contributed by atoms with Crippen LogP contribution in [0.3, 0.4) is 0 Å². The van der Waals surface area contributed by atoms with Crippen molar-refractivity contribution >= 4 is 22.6 Å². The van der Waals surface area contributed by atoms with Crippen molar-refractivity contribution in [1.82, 2.24) is 4.98 Å². The van der Waals surface area contributed by atoms with E-state index >= 15 is 0 Å². The van der Waals surface area contributed by atoms with Crippen molar-refractivity contribution in [3.8, 4) is 11.6 Å². The minimum absolute atomic E-state index is 0.637. The van der Waals surface area contributed by atoms with Gasteiger partial charge in [0, 0.05) is 15.3 Å². The molecule has 0 amide bonds. The predicted octanol–water partition coefficient (Wildman–Crippen LogP) is 3.29. The van der Waals surface area contributed by atoms with Crippen LogP contribution in [0.2, 0.25) is 0 Å². The summed E-state index contributed by atoms with van der Waals surface area (Å²) >= 11 is 2.26. The molecule has 0 aliphatic rings. The van der Waals surface area contributed by atoms with E-state index in [0.29, 0.717) is 12.4 Å². The molecule has 0 fully saturated rings. The number of rotatable bonds is 4. The average Bonchev–Trinajstić information content (AvgIpc) is 2.36. The lowest BCUT2D eigenvalue weighted by Crippen LogP contribution is -2.03. The number of benzene rings is 1. The van der Waals surface area contributed by atoms with Crippen LogP contribution in [-0.4, -0.2) is 11.5 Å². The summed E-state index contributed by atoms with van der Waals surface area (Å²) in [5.41, 5.74) is 7.70. The third kappa shape index (κ3) is 3.43. The lowest BCUT2D eigenvalue weighted by Gasteiger charge is -2.09. The summed E-state index contributed by atoms with van der Waals surface area (Å²) in [6, 6.07) is 9.97. The molecule has 1 aromatic heterocycles. The quantitative estimate of drug-likeness (QED) is 0.858. The molecule has 1 heterocycles. The van der Waals surface area contributed by atoms with Crippen molar-refractivity contribution in [1.29, 1.82) is 0 Å². The topological polar surface area (TPSA) is 48.1 Å². The fourth-order valence-corrected chi connectivity index (χ4v) is 2.00. The highest BCUT2D eigenvalue weighted by Crippen LogP contribution is 2.23. The van der Waals surface area contributed by atoms with Crippen LogP contribution in [0, 0.1) is 10.5 Å². The van der Waals surface area contributed by atoms with Gasteiger partial charge in [-0.15, -0.1) is 0 Å². The molecule has 4 heteroatoms. The van der Waals surface area contributed by atoms with Gasteiger partial charge in [0.05, 0.1) is 0 Å². The van der Waals surface area contributed by atoms with Crippen molar-refractivity contribution in [3.63, 3.8) is 0 Å². The second-order valence-electron chi connectivity index (χ2n) is 4.06. The Kier molecular flexibility index (Phi) is 4.54. The van der Waals surface area contributed by atoms with Gasteiger partial charge in [-0.3, -0.25) is 0 Å². The van der Waals surface area contributed by atoms with Gasteiger partial charge in [0.2, 0.25) is 5.88 Å². The van der Waals surface area contributed by atoms with Crippen molar-refractivity contribution < 1.29 is 4.74 Å². The highest BCUT2D eigenvalue weighted by Gasteiger charge is 2.04. The number of halogens is 1. The van der Waals surface area contributed by atoms with Crippen LogP contribution in [-0.2, 0) is 6.42 Å². The molecule has 0 bridgehead atoms. The number of aryl methyl sites for hydroxylation is 1. The standard InChI is InChI=1S/C14H15IN2O/c1-10-8-11(6-7-16)9-17-14(10)18-13-4-2-12(15)3-5-13/h2-5,8-9H,6-7,16H2,1H3. The Morgan fingerprint density at radius 2 is 2.00 bits per heavy atom. The van der Waals surface area contributed by atoms with Crippen LogP contribution >= 0.6 is 22.6 Å². The molecular weight excluding hydrogens is 339 g/mol. The Morgan fingerprint density at radius 3 is 2.61 bits per heavy atom. The van der Waals surface area contributed by atoms with Crippen LogP contribution in [0.25, 0.3) is 0 Å². The van der Waals surface area contributed by atoms with E-state index in [0.717, 1.165) is 23.3 Å². The van der Waals surface area contributed by atoms with Crippen LogP contribution in [0.1, 0.15) is 11.1 Å². The van der Waals surface area contributed by atoms with E-state index in [4.69, 9.17) is 10.5 Å². The maximum absolute atomic E-state index is 5.75. The smallest absolute Gasteiger partial charge is 0.222 e. The molecule has 0 aliphatic carbocycles. The number of nitrogens with zero attached hydrogens (tertiary/aromatic N) is 1. The maximum atomic E-state index is 5.75. The molecule has 2 N–H and O–H groups in total. The lowest BCUT2D eigenvalue weighted by atomic mass is 10.1. The first kappa shape index (κ1) is 13.3. The molecule has 18 heavy (non-hydrogen) atoms. The predicted molar refractivity (Wildman–Crippen MR) is 81.0 cm³/mol. The lowest BCUT2D eigenvalue weighted by molar-refractivity contribution is 0.458. The monoisotopic (exact) mass is 354 g/mol. The van der Waals surface area contributed by atoms with Gasteiger partial charge in [-0.2, -0.15) is 0 Å². The average molecular weight is 354 g/mol. The maximum Gasteiger partial charge on any atom is 0.222 e. The zero-order chi connectivity index (χ0) is 13.0. The molecule has 2 aromatic rings. The van der Waals surface area contributed by atoms with Crippen LogP contribution < -0.4 is 10.5 Å². The fourth-order valence-electron chi connectivity index (χ4n) is 1.64. The molecule has 0 aliphatic heterocycles. The summed E-state index contributed by atoms with van der Waals surface area (Å²) in [4.78, 5) is 4.33. The van der Waals surface area contributed by atoms with Gasteiger partial charge in [0.1, 0.15) is 5.75 Å². The first-order chi connectivity index (χ1) is 8.69. The van der Waals surface area contributed by atoms with E-state index in [1.165, 1.54) is 3.57 Å². The molecule has 0 spiro atoms. The van der Waals surface area contributed by atoms with Gasteiger partial charge in [0.15, 0.2) is 0 Å². The van der Waals surface area contributed by atoms with E-state index < -0.39 is 0 Å². The number of ether oxygens (including phenoxy) is 1. The Labute approximate surface area is 121 Å². The first-order valence-electron chi connectivity index (χ1n) is 5.78. The molecule has 0 atom stereocenters. The fraction of sp³-hybridized carbons (Fsp3) is 0.214. The summed E-state index contributed by atoms with van der Waals surface area (Å²) < 4.78 is 6.93. The minimum Gasteiger partial charge on any atom is -0.439 e. The van der Waals surface area contributed by atoms with E-state index in [2.05, 4.69) is 33.6 Å². The normalized spacial score (nSPS) is 10.4. The SMILES string of the molecule is Cc1cc(CCN)cnc1Oc1ccc(I)cc1. The third-order valence-electron chi connectivity index (χ3n) is 2.55. The molecule has 2 rings (SSSR count). The first-order valence-corrected chi connectivity index (χ1v) is 6.86. The number of nitrogens with two attached hydrogens (primary N) is 1. The van der Waals surface area contributed by atoms with Crippen molar-refractivity contribution in [2.75, 3.05) is 6.54 Å². The van der Waals surface area contributed by atoms with Crippen molar-refractivity contribution in [2.24, 2.45) is 5.73 Å². The summed E-state index contributed by atoms with van der Waals surface area (Å²) in [5.74, 6) is 1.45. The molecule has 1 aromatic carbocycles. The van der Waals surface area contributed by atoms with Gasteiger partial charge < -0.3 is 10.5 Å². The van der Waals surface area contributed by atoms with E-state index in [9.17, 15) is 0 Å². The number of pyridine rings is 1. The van der Waals surface area contributed by atoms with Gasteiger partial charge in [-0.05, 0) is 78.4 Å². The Morgan fingerprint density at radius 1 is 1.28 bits per heavy atom. The second kappa shape index (κ2) is 6.15. The summed E-state index contributed by atoms with van der Waals surface area (Å²) in [6.07, 6.45) is 2.67. The van der Waals surface area contributed by atoms with Gasteiger partial charge in [-0.1, -0.05) is 0 Å². The highest BCUT2D eigenvalue weighted by molar-refractivity contribution is 14.1. The zero-order valence-corrected chi connectivity index (χ0v) is 12.3. The van der Waals surface area contributed by atoms with Gasteiger partial charge in [-0.25, -0.2) is 4.98 Å². The molecule has 0 unspecified atom stereocenters. The van der Waals surface area contributed by atoms with E-state index in [1.54, 1.807) is 0 Å². The Hall–Kier alpha value is -1.14. The molecule has 3 nitrogen and oxygen atoms in total. The summed E-state index contributed by atoms with van der Waals surface area (Å²) in [7, 11) is 0. The highest BCUT2D eigenvalue weighted by atomic mass is 127. The molecule has 0 saturated heterocycles. The number of aromatic nitrogens is 1. The molecule has 0 saturated carbocycles. The molecular formula is C14H15IN2O. The third-order valence-corrected chi connectivity index (χ3v) is 3.27. The number of hydrogen-bond acceptors (Lipinski definition) is 3. The summed E-state index contributed by atoms with van der Waals surface area (Å²) in [6.45, 7) is 2.63. The largest absolute Gasteiger partial charge is 0.439 e. The van der Waals surface area contributed by atoms with Crippen molar-refractivity contribution in [3.05, 3.63) is 51.2 Å². The Balaban J connectivity index is 2.16.